The zero-order valence-corrected chi connectivity index (χ0v) is 10.1. The number of hydrogen-bond acceptors (Lipinski definition) is 1. The van der Waals surface area contributed by atoms with Crippen LogP contribution >= 0.6 is 11.6 Å². The molecule has 0 unspecified atom stereocenters. The molecule has 0 spiro atoms. The summed E-state index contributed by atoms with van der Waals surface area (Å²) >= 11 is 5.90. The topological polar surface area (TPSA) is 12.0 Å². The lowest BCUT2D eigenvalue weighted by molar-refractivity contribution is 0.525. The van der Waals surface area contributed by atoms with Crippen LogP contribution in [0.5, 0.6) is 0 Å². The molecule has 0 aromatic rings. The SMILES string of the molecule is CNC(Cl)=C([SiH3])C(C)(C)C. The van der Waals surface area contributed by atoms with Crippen molar-refractivity contribution in [3.63, 3.8) is 0 Å². The second kappa shape index (κ2) is 3.44. The molecule has 0 bridgehead atoms. The van der Waals surface area contributed by atoms with Crippen LogP contribution in [-0.4, -0.2) is 17.3 Å². The first-order chi connectivity index (χ1) is 4.39. The standard InChI is InChI=1S/C7H16ClNSi/c1-7(2,3)5(10)6(8)9-4/h9H,1-4,10H3. The summed E-state index contributed by atoms with van der Waals surface area (Å²) in [4.78, 5) is 0. The van der Waals surface area contributed by atoms with Gasteiger partial charge in [0.2, 0.25) is 0 Å². The molecule has 0 atom stereocenters. The average Bonchev–Trinajstić information content (AvgIpc) is 1.83. The molecule has 0 saturated heterocycles. The van der Waals surface area contributed by atoms with Crippen LogP contribution in [0.2, 0.25) is 0 Å². The lowest BCUT2D eigenvalue weighted by atomic mass is 9.96. The fourth-order valence-electron chi connectivity index (χ4n) is 0.517. The summed E-state index contributed by atoms with van der Waals surface area (Å²) in [5, 5.41) is 5.10. The quantitative estimate of drug-likeness (QED) is 0.466. The van der Waals surface area contributed by atoms with E-state index in [0.717, 1.165) is 15.4 Å². The summed E-state index contributed by atoms with van der Waals surface area (Å²) in [6.07, 6.45) is 0. The van der Waals surface area contributed by atoms with Gasteiger partial charge >= 0.3 is 0 Å². The van der Waals surface area contributed by atoms with Gasteiger partial charge in [0.1, 0.15) is 0 Å². The van der Waals surface area contributed by atoms with Crippen LogP contribution in [0.1, 0.15) is 20.8 Å². The molecule has 1 N–H and O–H groups in total. The highest BCUT2D eigenvalue weighted by atomic mass is 35.5. The molecule has 10 heavy (non-hydrogen) atoms. The molecule has 0 radical (unpaired) electrons. The molecule has 0 aliphatic heterocycles. The van der Waals surface area contributed by atoms with Gasteiger partial charge in [0.05, 0.1) is 5.16 Å². The maximum atomic E-state index is 5.90. The second-order valence-electron chi connectivity index (χ2n) is 3.44. The minimum Gasteiger partial charge on any atom is -0.379 e. The minimum atomic E-state index is 0.228. The summed E-state index contributed by atoms with van der Waals surface area (Å²) in [6, 6.07) is 0. The number of hydrogen-bond donors (Lipinski definition) is 1. The van der Waals surface area contributed by atoms with Crippen molar-refractivity contribution in [1.82, 2.24) is 5.32 Å². The highest BCUT2D eigenvalue weighted by Crippen LogP contribution is 2.25. The molecule has 0 aliphatic carbocycles. The molecule has 0 amide bonds. The van der Waals surface area contributed by atoms with E-state index in [1.165, 1.54) is 5.20 Å². The Morgan fingerprint density at radius 3 is 1.90 bits per heavy atom. The monoisotopic (exact) mass is 177 g/mol. The summed E-state index contributed by atoms with van der Waals surface area (Å²) in [5.74, 6) is 0. The van der Waals surface area contributed by atoms with Gasteiger partial charge in [-0.1, -0.05) is 37.6 Å². The Hall–Kier alpha value is 0.0469. The first-order valence-electron chi connectivity index (χ1n) is 3.44. The molecular formula is C7H16ClNSi. The van der Waals surface area contributed by atoms with Crippen LogP contribution in [0.4, 0.5) is 0 Å². The predicted octanol–water partition coefficient (Wildman–Crippen LogP) is 1.03. The third-order valence-electron chi connectivity index (χ3n) is 1.67. The van der Waals surface area contributed by atoms with Crippen LogP contribution in [0, 0.1) is 5.41 Å². The third-order valence-corrected chi connectivity index (χ3v) is 4.46. The molecular weight excluding hydrogens is 162 g/mol. The smallest absolute Gasteiger partial charge is 0.0963 e. The van der Waals surface area contributed by atoms with E-state index >= 15 is 0 Å². The van der Waals surface area contributed by atoms with E-state index in [9.17, 15) is 0 Å². The highest BCUT2D eigenvalue weighted by molar-refractivity contribution is 6.36. The second-order valence-corrected chi connectivity index (χ2v) is 4.82. The zero-order valence-electron chi connectivity index (χ0n) is 7.38. The van der Waals surface area contributed by atoms with E-state index < -0.39 is 0 Å². The van der Waals surface area contributed by atoms with Gasteiger partial charge in [-0.25, -0.2) is 0 Å². The van der Waals surface area contributed by atoms with Gasteiger partial charge in [-0.15, -0.1) is 0 Å². The fourth-order valence-corrected chi connectivity index (χ4v) is 1.05. The normalized spacial score (nSPS) is 14.9. The van der Waals surface area contributed by atoms with Crippen molar-refractivity contribution >= 4 is 21.8 Å². The molecule has 0 saturated carbocycles. The number of halogens is 1. The van der Waals surface area contributed by atoms with Gasteiger partial charge in [0, 0.05) is 17.3 Å². The summed E-state index contributed by atoms with van der Waals surface area (Å²) < 4.78 is 0. The van der Waals surface area contributed by atoms with E-state index in [2.05, 4.69) is 26.1 Å². The molecule has 0 aromatic heterocycles. The molecule has 0 aromatic carbocycles. The molecule has 3 heteroatoms. The molecule has 0 aliphatic rings. The highest BCUT2D eigenvalue weighted by Gasteiger charge is 2.14. The van der Waals surface area contributed by atoms with Crippen molar-refractivity contribution < 1.29 is 0 Å². The Morgan fingerprint density at radius 2 is 1.80 bits per heavy atom. The number of rotatable bonds is 1. The van der Waals surface area contributed by atoms with E-state index in [-0.39, 0.29) is 5.41 Å². The van der Waals surface area contributed by atoms with Gasteiger partial charge in [-0.05, 0) is 5.41 Å². The molecule has 1 nitrogen and oxygen atoms in total. The van der Waals surface area contributed by atoms with E-state index in [1.54, 1.807) is 0 Å². The Balaban J connectivity index is 4.47. The van der Waals surface area contributed by atoms with E-state index in [4.69, 9.17) is 11.6 Å². The van der Waals surface area contributed by atoms with Gasteiger partial charge in [0.25, 0.3) is 0 Å². The minimum absolute atomic E-state index is 0.228. The van der Waals surface area contributed by atoms with Gasteiger partial charge < -0.3 is 5.32 Å². The molecule has 0 rings (SSSR count). The van der Waals surface area contributed by atoms with E-state index in [0.29, 0.717) is 0 Å². The van der Waals surface area contributed by atoms with Gasteiger partial charge in [0.15, 0.2) is 0 Å². The molecule has 0 fully saturated rings. The first-order valence-corrected chi connectivity index (χ1v) is 4.82. The Morgan fingerprint density at radius 1 is 1.40 bits per heavy atom. The van der Waals surface area contributed by atoms with Gasteiger partial charge in [-0.2, -0.15) is 0 Å². The van der Waals surface area contributed by atoms with Gasteiger partial charge in [-0.3, -0.25) is 0 Å². The maximum absolute atomic E-state index is 5.90. The van der Waals surface area contributed by atoms with Crippen molar-refractivity contribution in [3.05, 3.63) is 10.4 Å². The largest absolute Gasteiger partial charge is 0.379 e. The van der Waals surface area contributed by atoms with Crippen molar-refractivity contribution in [3.8, 4) is 0 Å². The number of allylic oxidation sites excluding steroid dienone is 1. The Bertz CT molecular complexity index is 146. The predicted molar refractivity (Wildman–Crippen MR) is 51.3 cm³/mol. The first kappa shape index (κ1) is 10.0. The van der Waals surface area contributed by atoms with Crippen molar-refractivity contribution in [2.24, 2.45) is 5.41 Å². The van der Waals surface area contributed by atoms with Crippen LogP contribution < -0.4 is 5.32 Å². The molecule has 0 heterocycles. The maximum Gasteiger partial charge on any atom is 0.0963 e. The van der Waals surface area contributed by atoms with Crippen LogP contribution in [0.25, 0.3) is 0 Å². The van der Waals surface area contributed by atoms with Crippen LogP contribution in [-0.2, 0) is 0 Å². The lowest BCUT2D eigenvalue weighted by Crippen LogP contribution is -2.15. The van der Waals surface area contributed by atoms with Crippen LogP contribution in [0.15, 0.2) is 10.4 Å². The van der Waals surface area contributed by atoms with Crippen molar-refractivity contribution in [2.45, 2.75) is 20.8 Å². The third kappa shape index (κ3) is 2.75. The lowest BCUT2D eigenvalue weighted by Gasteiger charge is -2.21. The Labute approximate surface area is 71.3 Å². The van der Waals surface area contributed by atoms with E-state index in [1.807, 2.05) is 7.05 Å². The van der Waals surface area contributed by atoms with Crippen molar-refractivity contribution in [1.29, 1.82) is 0 Å². The number of nitrogens with one attached hydrogen (secondary N) is 1. The van der Waals surface area contributed by atoms with Crippen molar-refractivity contribution in [2.75, 3.05) is 7.05 Å². The summed E-state index contributed by atoms with van der Waals surface area (Å²) in [6.45, 7) is 6.53. The summed E-state index contributed by atoms with van der Waals surface area (Å²) in [7, 11) is 2.88. The van der Waals surface area contributed by atoms with Crippen LogP contribution in [0.3, 0.4) is 0 Å². The molecule has 60 valence electrons. The zero-order chi connectivity index (χ0) is 8.36. The fraction of sp³-hybridized carbons (Fsp3) is 0.714. The summed E-state index contributed by atoms with van der Waals surface area (Å²) in [5.41, 5.74) is 0.228. The average molecular weight is 178 g/mol. The Kier molecular flexibility index (Phi) is 3.46.